The lowest BCUT2D eigenvalue weighted by Crippen LogP contribution is -2.09. The van der Waals surface area contributed by atoms with Gasteiger partial charge in [0.05, 0.1) is 17.6 Å². The molecule has 0 saturated heterocycles. The van der Waals surface area contributed by atoms with E-state index in [0.29, 0.717) is 6.07 Å². The Labute approximate surface area is 123 Å². The summed E-state index contributed by atoms with van der Waals surface area (Å²) >= 11 is 0. The van der Waals surface area contributed by atoms with Crippen molar-refractivity contribution in [1.29, 1.82) is 0 Å². The van der Waals surface area contributed by atoms with Gasteiger partial charge in [-0.25, -0.2) is 13.6 Å². The van der Waals surface area contributed by atoms with Crippen molar-refractivity contribution in [2.45, 2.75) is 0 Å². The molecule has 2 aromatic rings. The highest BCUT2D eigenvalue weighted by Crippen LogP contribution is 2.28. The number of carbonyl (C=O) groups excluding carboxylic acids is 1. The number of nitrogens with zero attached hydrogens (tertiary/aromatic N) is 1. The molecule has 0 aliphatic rings. The van der Waals surface area contributed by atoms with Gasteiger partial charge in [-0.05, 0) is 24.3 Å². The summed E-state index contributed by atoms with van der Waals surface area (Å²) in [4.78, 5) is 22.0. The lowest BCUT2D eigenvalue weighted by atomic mass is 10.2. The maximum Gasteiger partial charge on any atom is 0.343 e. The monoisotopic (exact) mass is 309 g/mol. The molecule has 0 aliphatic heterocycles. The Morgan fingerprint density at radius 1 is 1.14 bits per heavy atom. The Bertz CT molecular complexity index is 748. The molecule has 6 nitrogen and oxygen atoms in total. The molecule has 0 radical (unpaired) electrons. The van der Waals surface area contributed by atoms with Crippen LogP contribution in [-0.4, -0.2) is 18.0 Å². The summed E-state index contributed by atoms with van der Waals surface area (Å²) in [5, 5.41) is 10.9. The van der Waals surface area contributed by atoms with Crippen LogP contribution in [0.4, 0.5) is 14.5 Å². The summed E-state index contributed by atoms with van der Waals surface area (Å²) in [6.07, 6.45) is 0. The molecule has 0 spiro atoms. The van der Waals surface area contributed by atoms with Gasteiger partial charge in [0.25, 0.3) is 0 Å². The van der Waals surface area contributed by atoms with Crippen LogP contribution in [0, 0.1) is 21.7 Å². The van der Waals surface area contributed by atoms with Crippen molar-refractivity contribution in [2.24, 2.45) is 0 Å². The molecule has 0 aromatic heterocycles. The van der Waals surface area contributed by atoms with E-state index in [-0.39, 0.29) is 17.1 Å². The van der Waals surface area contributed by atoms with Crippen LogP contribution in [0.2, 0.25) is 0 Å². The maximum absolute atomic E-state index is 13.0. The number of rotatable bonds is 4. The summed E-state index contributed by atoms with van der Waals surface area (Å²) in [5.74, 6) is -3.44. The number of benzene rings is 2. The van der Waals surface area contributed by atoms with Crippen LogP contribution >= 0.6 is 0 Å². The highest BCUT2D eigenvalue weighted by Gasteiger charge is 2.19. The van der Waals surface area contributed by atoms with Gasteiger partial charge >= 0.3 is 11.7 Å². The number of nitro benzene ring substituents is 1. The van der Waals surface area contributed by atoms with Crippen LogP contribution in [0.15, 0.2) is 36.4 Å². The van der Waals surface area contributed by atoms with Crippen molar-refractivity contribution in [3.63, 3.8) is 0 Å². The SMILES string of the molecule is COc1ccc(C(=O)Oc2ccc(F)c(F)c2)cc1[N+](=O)[O-]. The van der Waals surface area contributed by atoms with Crippen molar-refractivity contribution < 1.29 is 28.0 Å². The number of nitro groups is 1. The maximum atomic E-state index is 13.0. The zero-order chi connectivity index (χ0) is 16.3. The van der Waals surface area contributed by atoms with E-state index in [1.165, 1.54) is 19.2 Å². The van der Waals surface area contributed by atoms with E-state index >= 15 is 0 Å². The Morgan fingerprint density at radius 3 is 2.45 bits per heavy atom. The van der Waals surface area contributed by atoms with E-state index in [9.17, 15) is 23.7 Å². The van der Waals surface area contributed by atoms with Crippen LogP contribution in [-0.2, 0) is 0 Å². The number of hydrogen-bond donors (Lipinski definition) is 0. The lowest BCUT2D eigenvalue weighted by Gasteiger charge is -2.06. The normalized spacial score (nSPS) is 10.1. The smallest absolute Gasteiger partial charge is 0.343 e. The molecule has 2 aromatic carbocycles. The van der Waals surface area contributed by atoms with Gasteiger partial charge in [0.2, 0.25) is 0 Å². The standard InChI is InChI=1S/C14H9F2NO5/c1-21-13-5-2-8(6-12(13)17(19)20)14(18)22-9-3-4-10(15)11(16)7-9/h2-7H,1H3. The second kappa shape index (κ2) is 6.17. The first-order valence-electron chi connectivity index (χ1n) is 5.92. The van der Waals surface area contributed by atoms with E-state index in [4.69, 9.17) is 9.47 Å². The molecule has 0 N–H and O–H groups in total. The average Bonchev–Trinajstić information content (AvgIpc) is 2.50. The Balaban J connectivity index is 2.27. The zero-order valence-electron chi connectivity index (χ0n) is 11.2. The summed E-state index contributed by atoms with van der Waals surface area (Å²) in [6.45, 7) is 0. The van der Waals surface area contributed by atoms with E-state index in [0.717, 1.165) is 18.2 Å². The minimum absolute atomic E-state index is 0.0191. The summed E-state index contributed by atoms with van der Waals surface area (Å²) in [6, 6.07) is 6.03. The molecule has 0 heterocycles. The lowest BCUT2D eigenvalue weighted by molar-refractivity contribution is -0.385. The van der Waals surface area contributed by atoms with E-state index in [1.54, 1.807) is 0 Å². The highest BCUT2D eigenvalue weighted by molar-refractivity contribution is 5.92. The number of halogens is 2. The third-order valence-electron chi connectivity index (χ3n) is 2.71. The van der Waals surface area contributed by atoms with Gasteiger partial charge in [-0.1, -0.05) is 0 Å². The molecule has 8 heteroatoms. The Morgan fingerprint density at radius 2 is 1.86 bits per heavy atom. The van der Waals surface area contributed by atoms with Crippen molar-refractivity contribution in [3.05, 3.63) is 63.7 Å². The number of methoxy groups -OCH3 is 1. The van der Waals surface area contributed by atoms with Crippen molar-refractivity contribution in [2.75, 3.05) is 7.11 Å². The van der Waals surface area contributed by atoms with Crippen LogP contribution in [0.5, 0.6) is 11.5 Å². The molecular formula is C14H9F2NO5. The number of hydrogen-bond acceptors (Lipinski definition) is 5. The van der Waals surface area contributed by atoms with Gasteiger partial charge in [-0.2, -0.15) is 0 Å². The summed E-state index contributed by atoms with van der Waals surface area (Å²) < 4.78 is 35.4. The topological polar surface area (TPSA) is 78.7 Å². The van der Waals surface area contributed by atoms with Gasteiger partial charge in [-0.15, -0.1) is 0 Å². The molecule has 0 atom stereocenters. The van der Waals surface area contributed by atoms with Crippen molar-refractivity contribution in [3.8, 4) is 11.5 Å². The predicted molar refractivity (Wildman–Crippen MR) is 71.0 cm³/mol. The largest absolute Gasteiger partial charge is 0.490 e. The van der Waals surface area contributed by atoms with Gasteiger partial charge in [0.15, 0.2) is 17.4 Å². The van der Waals surface area contributed by atoms with Crippen molar-refractivity contribution in [1.82, 2.24) is 0 Å². The first-order valence-corrected chi connectivity index (χ1v) is 5.92. The van der Waals surface area contributed by atoms with E-state index in [1.807, 2.05) is 0 Å². The molecule has 2 rings (SSSR count). The molecule has 0 fully saturated rings. The highest BCUT2D eigenvalue weighted by atomic mass is 19.2. The molecule has 0 unspecified atom stereocenters. The van der Waals surface area contributed by atoms with Gasteiger partial charge in [0.1, 0.15) is 5.75 Å². The first-order chi connectivity index (χ1) is 10.4. The third kappa shape index (κ3) is 3.17. The van der Waals surface area contributed by atoms with Crippen LogP contribution < -0.4 is 9.47 Å². The number of esters is 1. The molecular weight excluding hydrogens is 300 g/mol. The van der Waals surface area contributed by atoms with Gasteiger partial charge in [0, 0.05) is 12.1 Å². The Kier molecular flexibility index (Phi) is 4.31. The summed E-state index contributed by atoms with van der Waals surface area (Å²) in [5.41, 5.74) is -0.542. The van der Waals surface area contributed by atoms with E-state index < -0.39 is 28.2 Å². The number of ether oxygens (including phenoxy) is 2. The van der Waals surface area contributed by atoms with Crippen LogP contribution in [0.25, 0.3) is 0 Å². The second-order valence-corrected chi connectivity index (χ2v) is 4.11. The molecule has 0 bridgehead atoms. The zero-order valence-corrected chi connectivity index (χ0v) is 11.2. The average molecular weight is 309 g/mol. The molecule has 0 amide bonds. The van der Waals surface area contributed by atoms with Crippen LogP contribution in [0.3, 0.4) is 0 Å². The third-order valence-corrected chi connectivity index (χ3v) is 2.71. The van der Waals surface area contributed by atoms with Crippen LogP contribution in [0.1, 0.15) is 10.4 Å². The Hall–Kier alpha value is -3.03. The molecule has 114 valence electrons. The van der Waals surface area contributed by atoms with Gasteiger partial charge < -0.3 is 9.47 Å². The fraction of sp³-hybridized carbons (Fsp3) is 0.0714. The summed E-state index contributed by atoms with van der Waals surface area (Å²) in [7, 11) is 1.25. The fourth-order valence-corrected chi connectivity index (χ4v) is 1.67. The number of carbonyl (C=O) groups is 1. The minimum Gasteiger partial charge on any atom is -0.490 e. The fourth-order valence-electron chi connectivity index (χ4n) is 1.67. The molecule has 0 saturated carbocycles. The quantitative estimate of drug-likeness (QED) is 0.375. The first kappa shape index (κ1) is 15.4. The molecule has 22 heavy (non-hydrogen) atoms. The van der Waals surface area contributed by atoms with E-state index in [2.05, 4.69) is 0 Å². The van der Waals surface area contributed by atoms with Gasteiger partial charge in [-0.3, -0.25) is 10.1 Å². The minimum atomic E-state index is -1.17. The second-order valence-electron chi connectivity index (χ2n) is 4.11. The predicted octanol–water partition coefficient (Wildman–Crippen LogP) is 3.10. The van der Waals surface area contributed by atoms with Crippen molar-refractivity contribution >= 4 is 11.7 Å². The molecule has 0 aliphatic carbocycles.